The molecule has 2 aliphatic heterocycles. The summed E-state index contributed by atoms with van der Waals surface area (Å²) >= 11 is 0. The molecule has 2 unspecified atom stereocenters. The van der Waals surface area contributed by atoms with Crippen LogP contribution < -0.4 is 10.9 Å². The van der Waals surface area contributed by atoms with Gasteiger partial charge in [0.1, 0.15) is 0 Å². The Morgan fingerprint density at radius 2 is 1.96 bits per heavy atom. The van der Waals surface area contributed by atoms with Crippen molar-refractivity contribution < 1.29 is 9.53 Å². The summed E-state index contributed by atoms with van der Waals surface area (Å²) in [4.78, 5) is 26.4. The number of hydrogen-bond donors (Lipinski definition) is 2. The number of ether oxygens (including phenoxy) is 1. The number of rotatable bonds is 5. The standard InChI is InChI=1S/C18H22N4O3/c23-17(19-7-8-22-10-12-5-6-13(11-22)25-12)9-16-14-3-1-2-4-15(14)18(24)21-20-16/h1-4,12-13H,5-11H2,(H,19,23)(H,21,24). The predicted octanol–water partition coefficient (Wildman–Crippen LogP) is 0.445. The van der Waals surface area contributed by atoms with E-state index < -0.39 is 0 Å². The molecule has 1 aromatic carbocycles. The van der Waals surface area contributed by atoms with E-state index in [1.54, 1.807) is 12.1 Å². The zero-order chi connectivity index (χ0) is 17.2. The van der Waals surface area contributed by atoms with Crippen molar-refractivity contribution >= 4 is 16.7 Å². The molecule has 2 aliphatic rings. The molecule has 4 rings (SSSR count). The van der Waals surface area contributed by atoms with Crippen LogP contribution in [0.4, 0.5) is 0 Å². The minimum absolute atomic E-state index is 0.0825. The van der Waals surface area contributed by atoms with Gasteiger partial charge in [0.25, 0.3) is 5.56 Å². The summed E-state index contributed by atoms with van der Waals surface area (Å²) in [7, 11) is 0. The van der Waals surface area contributed by atoms with Crippen LogP contribution in [-0.4, -0.2) is 59.4 Å². The molecule has 0 aliphatic carbocycles. The first kappa shape index (κ1) is 16.2. The zero-order valence-corrected chi connectivity index (χ0v) is 14.0. The van der Waals surface area contributed by atoms with Crippen LogP contribution in [0.2, 0.25) is 0 Å². The second-order valence-corrected chi connectivity index (χ2v) is 6.79. The minimum Gasteiger partial charge on any atom is -0.372 e. The number of fused-ring (bicyclic) bond motifs is 3. The maximum absolute atomic E-state index is 12.2. The Hall–Kier alpha value is -2.25. The Balaban J connectivity index is 1.32. The van der Waals surface area contributed by atoms with Crippen LogP contribution in [0.1, 0.15) is 18.5 Å². The SMILES string of the molecule is O=C(Cc1n[nH]c(=O)c2ccccc12)NCCN1CC2CCC(C1)O2. The van der Waals surface area contributed by atoms with E-state index in [4.69, 9.17) is 4.74 Å². The molecule has 7 heteroatoms. The fourth-order valence-electron chi connectivity index (χ4n) is 3.76. The van der Waals surface area contributed by atoms with E-state index in [1.807, 2.05) is 12.1 Å². The van der Waals surface area contributed by atoms with Gasteiger partial charge in [-0.15, -0.1) is 0 Å². The molecule has 2 fully saturated rings. The van der Waals surface area contributed by atoms with Gasteiger partial charge in [-0.1, -0.05) is 18.2 Å². The van der Waals surface area contributed by atoms with Crippen LogP contribution >= 0.6 is 0 Å². The van der Waals surface area contributed by atoms with Gasteiger partial charge >= 0.3 is 0 Å². The summed E-state index contributed by atoms with van der Waals surface area (Å²) in [5.74, 6) is -0.0825. The smallest absolute Gasteiger partial charge is 0.272 e. The van der Waals surface area contributed by atoms with Gasteiger partial charge in [-0.25, -0.2) is 5.10 Å². The van der Waals surface area contributed by atoms with E-state index >= 15 is 0 Å². The molecule has 132 valence electrons. The van der Waals surface area contributed by atoms with Crippen LogP contribution in [0.3, 0.4) is 0 Å². The second kappa shape index (κ2) is 6.93. The number of amides is 1. The Morgan fingerprint density at radius 1 is 1.24 bits per heavy atom. The number of likely N-dealkylation sites (tertiary alicyclic amines) is 1. The van der Waals surface area contributed by atoms with Crippen LogP contribution in [0.25, 0.3) is 10.8 Å². The summed E-state index contributed by atoms with van der Waals surface area (Å²) in [6.45, 7) is 3.36. The third kappa shape index (κ3) is 3.57. The highest BCUT2D eigenvalue weighted by Crippen LogP contribution is 2.25. The number of aromatic nitrogens is 2. The van der Waals surface area contributed by atoms with Gasteiger partial charge in [0.2, 0.25) is 5.91 Å². The van der Waals surface area contributed by atoms with Crippen molar-refractivity contribution in [3.8, 4) is 0 Å². The van der Waals surface area contributed by atoms with Gasteiger partial charge in [0, 0.05) is 31.6 Å². The van der Waals surface area contributed by atoms with Crippen molar-refractivity contribution in [2.75, 3.05) is 26.2 Å². The molecule has 7 nitrogen and oxygen atoms in total. The second-order valence-electron chi connectivity index (χ2n) is 6.79. The molecule has 2 atom stereocenters. The fourth-order valence-corrected chi connectivity index (χ4v) is 3.76. The number of benzene rings is 1. The van der Waals surface area contributed by atoms with Crippen LogP contribution in [0.5, 0.6) is 0 Å². The van der Waals surface area contributed by atoms with E-state index in [9.17, 15) is 9.59 Å². The highest BCUT2D eigenvalue weighted by molar-refractivity contribution is 5.88. The lowest BCUT2D eigenvalue weighted by molar-refractivity contribution is -0.120. The molecule has 1 amide bonds. The van der Waals surface area contributed by atoms with Crippen molar-refractivity contribution in [1.29, 1.82) is 0 Å². The molecule has 1 aromatic heterocycles. The quantitative estimate of drug-likeness (QED) is 0.824. The number of carbonyl (C=O) groups excluding carboxylic acids is 1. The Labute approximate surface area is 145 Å². The minimum atomic E-state index is -0.235. The summed E-state index contributed by atoms with van der Waals surface area (Å²) in [5, 5.41) is 10.8. The molecule has 0 spiro atoms. The van der Waals surface area contributed by atoms with E-state index in [0.717, 1.165) is 37.9 Å². The third-order valence-electron chi connectivity index (χ3n) is 4.97. The Bertz CT molecular complexity index is 822. The molecule has 2 N–H and O–H groups in total. The third-order valence-corrected chi connectivity index (χ3v) is 4.97. The maximum Gasteiger partial charge on any atom is 0.272 e. The van der Waals surface area contributed by atoms with Gasteiger partial charge < -0.3 is 10.1 Å². The molecule has 0 saturated carbocycles. The van der Waals surface area contributed by atoms with Crippen molar-refractivity contribution in [3.05, 3.63) is 40.3 Å². The molecular weight excluding hydrogens is 320 g/mol. The predicted molar refractivity (Wildman–Crippen MR) is 93.4 cm³/mol. The number of H-pyrrole nitrogens is 1. The molecule has 25 heavy (non-hydrogen) atoms. The zero-order valence-electron chi connectivity index (χ0n) is 14.0. The monoisotopic (exact) mass is 342 g/mol. The maximum atomic E-state index is 12.2. The van der Waals surface area contributed by atoms with E-state index in [-0.39, 0.29) is 17.9 Å². The van der Waals surface area contributed by atoms with Crippen LogP contribution in [-0.2, 0) is 16.0 Å². The van der Waals surface area contributed by atoms with E-state index in [1.165, 1.54) is 0 Å². The lowest BCUT2D eigenvalue weighted by atomic mass is 10.1. The summed E-state index contributed by atoms with van der Waals surface area (Å²) in [6, 6.07) is 7.21. The average Bonchev–Trinajstić information content (AvgIpc) is 2.96. The highest BCUT2D eigenvalue weighted by Gasteiger charge is 2.33. The number of aromatic amines is 1. The molecule has 2 aromatic rings. The first-order valence-corrected chi connectivity index (χ1v) is 8.80. The lowest BCUT2D eigenvalue weighted by Crippen LogP contribution is -2.45. The van der Waals surface area contributed by atoms with Gasteiger partial charge in [0.15, 0.2) is 0 Å². The van der Waals surface area contributed by atoms with Crippen LogP contribution in [0.15, 0.2) is 29.1 Å². The van der Waals surface area contributed by atoms with Gasteiger partial charge in [-0.3, -0.25) is 14.5 Å². The number of nitrogens with zero attached hydrogens (tertiary/aromatic N) is 2. The summed E-state index contributed by atoms with van der Waals surface area (Å²) in [6.07, 6.45) is 3.19. The fraction of sp³-hybridized carbons (Fsp3) is 0.500. The summed E-state index contributed by atoms with van der Waals surface area (Å²) < 4.78 is 5.82. The molecule has 3 heterocycles. The highest BCUT2D eigenvalue weighted by atomic mass is 16.5. The Morgan fingerprint density at radius 3 is 2.72 bits per heavy atom. The van der Waals surface area contributed by atoms with Gasteiger partial charge in [0.05, 0.1) is 29.7 Å². The van der Waals surface area contributed by atoms with Crippen molar-refractivity contribution in [1.82, 2.24) is 20.4 Å². The Kier molecular flexibility index (Phi) is 4.50. The average molecular weight is 342 g/mol. The van der Waals surface area contributed by atoms with Gasteiger partial charge in [-0.05, 0) is 18.9 Å². The first-order chi connectivity index (χ1) is 12.2. The molecular formula is C18H22N4O3. The number of hydrogen-bond acceptors (Lipinski definition) is 5. The first-order valence-electron chi connectivity index (χ1n) is 8.80. The van der Waals surface area contributed by atoms with Crippen molar-refractivity contribution in [2.45, 2.75) is 31.5 Å². The molecule has 2 saturated heterocycles. The van der Waals surface area contributed by atoms with Crippen molar-refractivity contribution in [2.24, 2.45) is 0 Å². The number of nitrogens with one attached hydrogen (secondary N) is 2. The molecule has 2 bridgehead atoms. The topological polar surface area (TPSA) is 87.3 Å². The number of morpholine rings is 1. The number of carbonyl (C=O) groups is 1. The normalized spacial score (nSPS) is 23.0. The largest absolute Gasteiger partial charge is 0.372 e. The lowest BCUT2D eigenvalue weighted by Gasteiger charge is -2.31. The molecule has 0 radical (unpaired) electrons. The van der Waals surface area contributed by atoms with E-state index in [2.05, 4.69) is 20.4 Å². The van der Waals surface area contributed by atoms with Gasteiger partial charge in [-0.2, -0.15) is 5.10 Å². The summed E-state index contributed by atoms with van der Waals surface area (Å²) in [5.41, 5.74) is 0.360. The van der Waals surface area contributed by atoms with Crippen LogP contribution in [0, 0.1) is 0 Å². The van der Waals surface area contributed by atoms with Crippen molar-refractivity contribution in [3.63, 3.8) is 0 Å². The van der Waals surface area contributed by atoms with E-state index in [0.29, 0.717) is 29.8 Å².